The number of nitrogens with two attached hydrogens (primary N) is 1. The van der Waals surface area contributed by atoms with Crippen LogP contribution in [0.15, 0.2) is 51.9 Å². The molecule has 2 heterocycles. The molecule has 0 radical (unpaired) electrons. The van der Waals surface area contributed by atoms with Gasteiger partial charge in [-0.1, -0.05) is 30.3 Å². The Morgan fingerprint density at radius 3 is 2.57 bits per heavy atom. The molecular formula is C21H29N5O2. The minimum Gasteiger partial charge on any atom is -0.454 e. The van der Waals surface area contributed by atoms with Crippen molar-refractivity contribution in [3.63, 3.8) is 0 Å². The summed E-state index contributed by atoms with van der Waals surface area (Å²) in [6, 6.07) is 14.8. The summed E-state index contributed by atoms with van der Waals surface area (Å²) < 4.78 is 5.39. The molecule has 1 aromatic heterocycles. The fraction of sp³-hybridized carbons (Fsp3) is 0.429. The van der Waals surface area contributed by atoms with E-state index in [-0.39, 0.29) is 5.76 Å². The maximum absolute atomic E-state index is 11.1. The van der Waals surface area contributed by atoms with Crippen molar-refractivity contribution >= 4 is 11.9 Å². The third-order valence-corrected chi connectivity index (χ3v) is 5.26. The fourth-order valence-electron chi connectivity index (χ4n) is 3.54. The van der Waals surface area contributed by atoms with E-state index in [9.17, 15) is 4.79 Å². The Hall–Kier alpha value is -2.80. The van der Waals surface area contributed by atoms with Gasteiger partial charge in [-0.2, -0.15) is 0 Å². The van der Waals surface area contributed by atoms with Crippen molar-refractivity contribution in [2.75, 3.05) is 20.1 Å². The van der Waals surface area contributed by atoms with Crippen LogP contribution < -0.4 is 16.4 Å². The molecule has 7 heteroatoms. The maximum Gasteiger partial charge on any atom is 0.284 e. The van der Waals surface area contributed by atoms with Gasteiger partial charge < -0.3 is 20.8 Å². The summed E-state index contributed by atoms with van der Waals surface area (Å²) in [4.78, 5) is 17.9. The zero-order chi connectivity index (χ0) is 19.9. The number of rotatable bonds is 6. The number of benzene rings is 1. The molecule has 7 nitrogen and oxygen atoms in total. The average Bonchev–Trinajstić information content (AvgIpc) is 3.21. The quantitative estimate of drug-likeness (QED) is 0.525. The summed E-state index contributed by atoms with van der Waals surface area (Å²) in [6.45, 7) is 4.81. The topological polar surface area (TPSA) is 95.9 Å². The standard InChI is InChI=1S/C21H29N5O2/c1-15(16-6-4-3-5-7-16)26-12-10-17(11-13-26)25-21(23-2)24-14-18-8-9-19(28-18)20(22)27/h3-9,15,17H,10-14H2,1-2H3,(H2,22,27)(H2,23,24,25). The van der Waals surface area contributed by atoms with Crippen molar-refractivity contribution in [1.29, 1.82) is 0 Å². The van der Waals surface area contributed by atoms with Crippen molar-refractivity contribution in [3.05, 3.63) is 59.5 Å². The van der Waals surface area contributed by atoms with Crippen LogP contribution in [0.4, 0.5) is 0 Å². The van der Waals surface area contributed by atoms with Gasteiger partial charge in [0.25, 0.3) is 5.91 Å². The normalized spacial score (nSPS) is 17.3. The zero-order valence-electron chi connectivity index (χ0n) is 16.5. The molecule has 28 heavy (non-hydrogen) atoms. The smallest absolute Gasteiger partial charge is 0.284 e. The molecule has 0 spiro atoms. The maximum atomic E-state index is 11.1. The summed E-state index contributed by atoms with van der Waals surface area (Å²) >= 11 is 0. The molecule has 3 rings (SSSR count). The summed E-state index contributed by atoms with van der Waals surface area (Å²) in [7, 11) is 1.75. The summed E-state index contributed by atoms with van der Waals surface area (Å²) in [6.07, 6.45) is 2.12. The average molecular weight is 383 g/mol. The lowest BCUT2D eigenvalue weighted by molar-refractivity contribution is 0.0972. The number of nitrogens with one attached hydrogen (secondary N) is 2. The lowest BCUT2D eigenvalue weighted by Crippen LogP contribution is -2.48. The molecule has 1 amide bonds. The number of furan rings is 1. The second-order valence-corrected chi connectivity index (χ2v) is 7.10. The van der Waals surface area contributed by atoms with Gasteiger partial charge in [0.1, 0.15) is 5.76 Å². The Bertz CT molecular complexity index is 794. The van der Waals surface area contributed by atoms with E-state index < -0.39 is 5.91 Å². The highest BCUT2D eigenvalue weighted by Crippen LogP contribution is 2.23. The Labute approximate surface area is 166 Å². The molecule has 1 atom stereocenters. The lowest BCUT2D eigenvalue weighted by atomic mass is 10.0. The third kappa shape index (κ3) is 5.13. The molecule has 150 valence electrons. The number of amides is 1. The number of aliphatic imine (C=N–C) groups is 1. The Morgan fingerprint density at radius 1 is 1.25 bits per heavy atom. The van der Waals surface area contributed by atoms with Gasteiger partial charge in [-0.15, -0.1) is 0 Å². The summed E-state index contributed by atoms with van der Waals surface area (Å²) in [5.41, 5.74) is 6.57. The van der Waals surface area contributed by atoms with Crippen LogP contribution in [0.5, 0.6) is 0 Å². The largest absolute Gasteiger partial charge is 0.454 e. The van der Waals surface area contributed by atoms with Gasteiger partial charge >= 0.3 is 0 Å². The predicted molar refractivity (Wildman–Crippen MR) is 110 cm³/mol. The molecule has 2 aromatic rings. The van der Waals surface area contributed by atoms with Gasteiger partial charge in [0.2, 0.25) is 0 Å². The predicted octanol–water partition coefficient (Wildman–Crippen LogP) is 2.27. The Kier molecular flexibility index (Phi) is 6.71. The van der Waals surface area contributed by atoms with Crippen molar-refractivity contribution in [1.82, 2.24) is 15.5 Å². The number of guanidine groups is 1. The number of hydrogen-bond acceptors (Lipinski definition) is 4. The van der Waals surface area contributed by atoms with Crippen LogP contribution in [0, 0.1) is 0 Å². The number of piperidine rings is 1. The van der Waals surface area contributed by atoms with Gasteiger partial charge in [0, 0.05) is 32.2 Å². The highest BCUT2D eigenvalue weighted by molar-refractivity contribution is 5.89. The molecule has 0 saturated carbocycles. The highest BCUT2D eigenvalue weighted by Gasteiger charge is 2.24. The van der Waals surface area contributed by atoms with E-state index in [0.717, 1.165) is 31.9 Å². The second kappa shape index (κ2) is 9.41. The number of carbonyl (C=O) groups excluding carboxylic acids is 1. The number of nitrogens with zero attached hydrogens (tertiary/aromatic N) is 2. The van der Waals surface area contributed by atoms with E-state index in [0.29, 0.717) is 24.4 Å². The van der Waals surface area contributed by atoms with Crippen LogP contribution >= 0.6 is 0 Å². The van der Waals surface area contributed by atoms with E-state index in [1.54, 1.807) is 19.2 Å². The molecule has 1 aliphatic rings. The lowest BCUT2D eigenvalue weighted by Gasteiger charge is -2.37. The molecule has 1 aromatic carbocycles. The molecule has 1 fully saturated rings. The molecule has 4 N–H and O–H groups in total. The summed E-state index contributed by atoms with van der Waals surface area (Å²) in [5.74, 6) is 0.972. The molecular weight excluding hydrogens is 354 g/mol. The van der Waals surface area contributed by atoms with Crippen LogP contribution in [-0.2, 0) is 6.54 Å². The van der Waals surface area contributed by atoms with E-state index in [1.807, 2.05) is 0 Å². The highest BCUT2D eigenvalue weighted by atomic mass is 16.3. The van der Waals surface area contributed by atoms with E-state index >= 15 is 0 Å². The van der Waals surface area contributed by atoms with Crippen LogP contribution in [0.1, 0.15) is 47.7 Å². The molecule has 1 unspecified atom stereocenters. The van der Waals surface area contributed by atoms with Gasteiger partial charge in [0.15, 0.2) is 11.7 Å². The fourth-order valence-corrected chi connectivity index (χ4v) is 3.54. The zero-order valence-corrected chi connectivity index (χ0v) is 16.5. The van der Waals surface area contributed by atoms with E-state index in [2.05, 4.69) is 57.8 Å². The first-order valence-electron chi connectivity index (χ1n) is 9.71. The molecule has 0 aliphatic carbocycles. The monoisotopic (exact) mass is 383 g/mol. The first-order valence-corrected chi connectivity index (χ1v) is 9.71. The van der Waals surface area contributed by atoms with E-state index in [1.165, 1.54) is 5.56 Å². The second-order valence-electron chi connectivity index (χ2n) is 7.10. The Morgan fingerprint density at radius 2 is 1.96 bits per heavy atom. The van der Waals surface area contributed by atoms with Gasteiger partial charge in [-0.05, 0) is 37.5 Å². The van der Waals surface area contributed by atoms with Crippen LogP contribution in [-0.4, -0.2) is 42.9 Å². The van der Waals surface area contributed by atoms with E-state index in [4.69, 9.17) is 10.2 Å². The van der Waals surface area contributed by atoms with Crippen molar-refractivity contribution in [2.45, 2.75) is 38.4 Å². The number of likely N-dealkylation sites (tertiary alicyclic amines) is 1. The Balaban J connectivity index is 1.45. The first kappa shape index (κ1) is 19.9. The van der Waals surface area contributed by atoms with Crippen molar-refractivity contribution < 1.29 is 9.21 Å². The SMILES string of the molecule is CN=C(NCc1ccc(C(N)=O)o1)NC1CCN(C(C)c2ccccc2)CC1. The van der Waals surface area contributed by atoms with Gasteiger partial charge in [-0.3, -0.25) is 14.7 Å². The first-order chi connectivity index (χ1) is 13.6. The number of hydrogen-bond donors (Lipinski definition) is 3. The molecule has 1 saturated heterocycles. The minimum absolute atomic E-state index is 0.166. The third-order valence-electron chi connectivity index (χ3n) is 5.26. The minimum atomic E-state index is -0.565. The summed E-state index contributed by atoms with van der Waals surface area (Å²) in [5, 5.41) is 6.71. The van der Waals surface area contributed by atoms with Crippen LogP contribution in [0.2, 0.25) is 0 Å². The van der Waals surface area contributed by atoms with Crippen LogP contribution in [0.25, 0.3) is 0 Å². The number of carbonyl (C=O) groups is 1. The van der Waals surface area contributed by atoms with Crippen molar-refractivity contribution in [3.8, 4) is 0 Å². The van der Waals surface area contributed by atoms with Gasteiger partial charge in [-0.25, -0.2) is 0 Å². The number of primary amides is 1. The molecule has 1 aliphatic heterocycles. The van der Waals surface area contributed by atoms with Gasteiger partial charge in [0.05, 0.1) is 6.54 Å². The van der Waals surface area contributed by atoms with Crippen LogP contribution in [0.3, 0.4) is 0 Å². The molecule has 0 bridgehead atoms. The van der Waals surface area contributed by atoms with Crippen molar-refractivity contribution in [2.24, 2.45) is 10.7 Å².